The molecule has 6 heteroatoms. The molecular weight excluding hydrogens is 248 g/mol. The van der Waals surface area contributed by atoms with Crippen LogP contribution in [-0.2, 0) is 9.53 Å². The van der Waals surface area contributed by atoms with Gasteiger partial charge in [0.25, 0.3) is 0 Å². The molecule has 0 radical (unpaired) electrons. The molecule has 0 spiro atoms. The van der Waals surface area contributed by atoms with E-state index in [4.69, 9.17) is 9.84 Å². The Balaban J connectivity index is 1.88. The fourth-order valence-electron chi connectivity index (χ4n) is 2.67. The summed E-state index contributed by atoms with van der Waals surface area (Å²) >= 11 is 0. The van der Waals surface area contributed by atoms with E-state index in [1.807, 2.05) is 6.92 Å². The van der Waals surface area contributed by atoms with Crippen LogP contribution in [0.5, 0.6) is 0 Å². The number of likely N-dealkylation sites (N-methyl/N-ethyl adjacent to an activating group) is 1. The number of hydrogen-bond donors (Lipinski definition) is 2. The normalized spacial score (nSPS) is 28.5. The number of carbonyl (C=O) groups is 2. The lowest BCUT2D eigenvalue weighted by Crippen LogP contribution is -2.52. The first-order chi connectivity index (χ1) is 9.00. The highest BCUT2D eigenvalue weighted by Gasteiger charge is 2.39. The van der Waals surface area contributed by atoms with Crippen molar-refractivity contribution in [1.29, 1.82) is 0 Å². The Morgan fingerprint density at radius 2 is 2.05 bits per heavy atom. The maximum Gasteiger partial charge on any atom is 0.317 e. The zero-order valence-electron chi connectivity index (χ0n) is 11.5. The van der Waals surface area contributed by atoms with Crippen molar-refractivity contribution in [3.8, 4) is 0 Å². The number of amides is 2. The van der Waals surface area contributed by atoms with Crippen molar-refractivity contribution in [2.45, 2.75) is 38.3 Å². The monoisotopic (exact) mass is 270 g/mol. The topological polar surface area (TPSA) is 78.9 Å². The number of nitrogens with zero attached hydrogens (tertiary/aromatic N) is 1. The fraction of sp³-hybridized carbons (Fsp3) is 0.846. The van der Waals surface area contributed by atoms with E-state index in [1.165, 1.54) is 11.3 Å². The summed E-state index contributed by atoms with van der Waals surface area (Å²) in [5, 5.41) is 12.0. The van der Waals surface area contributed by atoms with Gasteiger partial charge in [0.05, 0.1) is 19.3 Å². The Hall–Kier alpha value is -1.30. The molecule has 1 aliphatic heterocycles. The summed E-state index contributed by atoms with van der Waals surface area (Å²) in [4.78, 5) is 24.7. The average Bonchev–Trinajstić information content (AvgIpc) is 2.73. The van der Waals surface area contributed by atoms with Gasteiger partial charge in [-0.15, -0.1) is 0 Å². The number of carboxylic acid groups (broad SMARTS) is 1. The van der Waals surface area contributed by atoms with E-state index in [-0.39, 0.29) is 24.7 Å². The summed E-state index contributed by atoms with van der Waals surface area (Å²) in [5.41, 5.74) is 0. The predicted octanol–water partition coefficient (Wildman–Crippen LogP) is 0.916. The van der Waals surface area contributed by atoms with Gasteiger partial charge < -0.3 is 20.1 Å². The van der Waals surface area contributed by atoms with Crippen molar-refractivity contribution in [1.82, 2.24) is 10.2 Å². The zero-order valence-corrected chi connectivity index (χ0v) is 11.5. The average molecular weight is 270 g/mol. The Labute approximate surface area is 113 Å². The number of nitrogens with one attached hydrogen (secondary N) is 1. The number of aliphatic carboxylic acids is 1. The first kappa shape index (κ1) is 14.1. The van der Waals surface area contributed by atoms with Gasteiger partial charge in [0, 0.05) is 13.1 Å². The van der Waals surface area contributed by atoms with Crippen LogP contribution in [0, 0.1) is 11.8 Å². The quantitative estimate of drug-likeness (QED) is 0.796. The van der Waals surface area contributed by atoms with Gasteiger partial charge in [-0.2, -0.15) is 0 Å². The van der Waals surface area contributed by atoms with E-state index >= 15 is 0 Å². The van der Waals surface area contributed by atoms with Crippen molar-refractivity contribution in [3.63, 3.8) is 0 Å². The molecule has 1 saturated heterocycles. The lowest BCUT2D eigenvalue weighted by molar-refractivity contribution is -0.142. The molecule has 1 heterocycles. The molecule has 3 atom stereocenters. The van der Waals surface area contributed by atoms with Crippen molar-refractivity contribution < 1.29 is 19.4 Å². The molecular formula is C13H22N2O4. The molecule has 0 bridgehead atoms. The van der Waals surface area contributed by atoms with Crippen LogP contribution in [-0.4, -0.2) is 54.4 Å². The Bertz CT molecular complexity index is 357. The van der Waals surface area contributed by atoms with Crippen LogP contribution in [0.2, 0.25) is 0 Å². The molecule has 3 unspecified atom stereocenters. The van der Waals surface area contributed by atoms with E-state index in [0.29, 0.717) is 12.5 Å². The zero-order chi connectivity index (χ0) is 14.0. The number of hydrogen-bond acceptors (Lipinski definition) is 3. The molecule has 0 aromatic heterocycles. The van der Waals surface area contributed by atoms with Crippen molar-refractivity contribution in [2.24, 2.45) is 11.8 Å². The minimum atomic E-state index is -0.908. The molecule has 19 heavy (non-hydrogen) atoms. The number of carboxylic acids is 1. The van der Waals surface area contributed by atoms with E-state index < -0.39 is 11.9 Å². The highest BCUT2D eigenvalue weighted by molar-refractivity contribution is 5.77. The van der Waals surface area contributed by atoms with Crippen LogP contribution in [0.25, 0.3) is 0 Å². The number of carbonyl (C=O) groups excluding carboxylic acids is 1. The molecule has 1 aliphatic carbocycles. The number of rotatable bonds is 4. The molecule has 0 aromatic carbocycles. The second kappa shape index (κ2) is 5.77. The van der Waals surface area contributed by atoms with E-state index in [9.17, 15) is 9.59 Å². The summed E-state index contributed by atoms with van der Waals surface area (Å²) in [6, 6.07) is -0.443. The summed E-state index contributed by atoms with van der Waals surface area (Å²) in [6.07, 6.45) is 3.56. The summed E-state index contributed by atoms with van der Waals surface area (Å²) in [6.45, 7) is 2.48. The maximum absolute atomic E-state index is 12.1. The molecule has 2 rings (SSSR count). The third-order valence-electron chi connectivity index (χ3n) is 4.39. The molecule has 0 aromatic rings. The number of urea groups is 1. The van der Waals surface area contributed by atoms with E-state index in [2.05, 4.69) is 5.32 Å². The molecule has 2 fully saturated rings. The molecule has 2 aliphatic rings. The summed E-state index contributed by atoms with van der Waals surface area (Å²) < 4.78 is 5.18. The van der Waals surface area contributed by atoms with Crippen molar-refractivity contribution in [2.75, 3.05) is 20.3 Å². The number of ether oxygens (including phenoxy) is 1. The predicted molar refractivity (Wildman–Crippen MR) is 68.8 cm³/mol. The van der Waals surface area contributed by atoms with Crippen LogP contribution in [0.15, 0.2) is 0 Å². The van der Waals surface area contributed by atoms with Crippen molar-refractivity contribution >= 4 is 12.0 Å². The summed E-state index contributed by atoms with van der Waals surface area (Å²) in [5.74, 6) is -0.976. The van der Waals surface area contributed by atoms with Gasteiger partial charge in [-0.05, 0) is 25.7 Å². The second-order valence-corrected chi connectivity index (χ2v) is 5.59. The Morgan fingerprint density at radius 1 is 1.37 bits per heavy atom. The van der Waals surface area contributed by atoms with E-state index in [1.54, 1.807) is 7.05 Å². The van der Waals surface area contributed by atoms with Gasteiger partial charge in [-0.3, -0.25) is 4.79 Å². The van der Waals surface area contributed by atoms with Gasteiger partial charge in [-0.25, -0.2) is 4.79 Å². The maximum atomic E-state index is 12.1. The SMILES string of the molecule is CC(NC(=O)N(C)C1COCC1C(=O)O)C1CCC1. The molecule has 2 N–H and O–H groups in total. The Kier molecular flexibility index (Phi) is 4.29. The minimum Gasteiger partial charge on any atom is -0.481 e. The third-order valence-corrected chi connectivity index (χ3v) is 4.39. The molecule has 108 valence electrons. The van der Waals surface area contributed by atoms with Crippen LogP contribution in [0.4, 0.5) is 4.79 Å². The molecule has 6 nitrogen and oxygen atoms in total. The van der Waals surface area contributed by atoms with Crippen LogP contribution < -0.4 is 5.32 Å². The van der Waals surface area contributed by atoms with Crippen LogP contribution in [0.3, 0.4) is 0 Å². The van der Waals surface area contributed by atoms with Gasteiger partial charge in [0.1, 0.15) is 5.92 Å². The smallest absolute Gasteiger partial charge is 0.317 e. The van der Waals surface area contributed by atoms with Gasteiger partial charge >= 0.3 is 12.0 Å². The fourth-order valence-corrected chi connectivity index (χ4v) is 2.67. The van der Waals surface area contributed by atoms with Gasteiger partial charge in [-0.1, -0.05) is 6.42 Å². The lowest BCUT2D eigenvalue weighted by Gasteiger charge is -2.34. The largest absolute Gasteiger partial charge is 0.481 e. The first-order valence-corrected chi connectivity index (χ1v) is 6.84. The molecule has 1 saturated carbocycles. The van der Waals surface area contributed by atoms with Gasteiger partial charge in [0.2, 0.25) is 0 Å². The molecule has 2 amide bonds. The third kappa shape index (κ3) is 3.00. The highest BCUT2D eigenvalue weighted by atomic mass is 16.5. The van der Waals surface area contributed by atoms with Crippen molar-refractivity contribution in [3.05, 3.63) is 0 Å². The van der Waals surface area contributed by atoms with E-state index in [0.717, 1.165) is 12.8 Å². The summed E-state index contributed by atoms with van der Waals surface area (Å²) in [7, 11) is 1.64. The van der Waals surface area contributed by atoms with Crippen LogP contribution >= 0.6 is 0 Å². The lowest BCUT2D eigenvalue weighted by atomic mass is 9.80. The Morgan fingerprint density at radius 3 is 2.58 bits per heavy atom. The van der Waals surface area contributed by atoms with Gasteiger partial charge in [0.15, 0.2) is 0 Å². The minimum absolute atomic E-state index is 0.147. The first-order valence-electron chi connectivity index (χ1n) is 6.84. The second-order valence-electron chi connectivity index (χ2n) is 5.59. The van der Waals surface area contributed by atoms with Crippen LogP contribution in [0.1, 0.15) is 26.2 Å². The highest BCUT2D eigenvalue weighted by Crippen LogP contribution is 2.29. The standard InChI is InChI=1S/C13H22N2O4/c1-8(9-4-3-5-9)14-13(18)15(2)11-7-19-6-10(11)12(16)17/h8-11H,3-7H2,1-2H3,(H,14,18)(H,16,17).